The highest BCUT2D eigenvalue weighted by Crippen LogP contribution is 1.98. The Morgan fingerprint density at radius 1 is 1.00 bits per heavy atom. The van der Waals surface area contributed by atoms with E-state index in [0.717, 1.165) is 13.0 Å². The molecule has 0 unspecified atom stereocenters. The molecule has 0 aromatic carbocycles. The Morgan fingerprint density at radius 3 is 2.25 bits per heavy atom. The second-order valence-corrected chi connectivity index (χ2v) is 3.11. The zero-order valence-electron chi connectivity index (χ0n) is 8.34. The van der Waals surface area contributed by atoms with Crippen LogP contribution in [0.5, 0.6) is 0 Å². The number of rotatable bonds is 8. The van der Waals surface area contributed by atoms with Gasteiger partial charge in [0.2, 0.25) is 0 Å². The number of hydrogen-bond donors (Lipinski definition) is 0. The van der Waals surface area contributed by atoms with Gasteiger partial charge in [-0.05, 0) is 12.3 Å². The summed E-state index contributed by atoms with van der Waals surface area (Å²) < 4.78 is 15.1. The van der Waals surface area contributed by atoms with E-state index >= 15 is 0 Å². The minimum Gasteiger partial charge on any atom is -0.382 e. The van der Waals surface area contributed by atoms with Crippen LogP contribution in [0.4, 0.5) is 0 Å². The first-order valence-electron chi connectivity index (χ1n) is 4.41. The first-order chi connectivity index (χ1) is 5.77. The highest BCUT2D eigenvalue weighted by Gasteiger charge is 1.93. The Hall–Kier alpha value is -0.120. The highest BCUT2D eigenvalue weighted by molar-refractivity contribution is 4.41. The van der Waals surface area contributed by atoms with Crippen LogP contribution in [-0.4, -0.2) is 33.7 Å². The van der Waals surface area contributed by atoms with Gasteiger partial charge >= 0.3 is 0 Å². The van der Waals surface area contributed by atoms with Gasteiger partial charge in [-0.3, -0.25) is 0 Å². The van der Waals surface area contributed by atoms with Crippen LogP contribution in [0.1, 0.15) is 20.3 Å². The third-order valence-corrected chi connectivity index (χ3v) is 1.44. The van der Waals surface area contributed by atoms with E-state index in [4.69, 9.17) is 14.2 Å². The molecule has 12 heavy (non-hydrogen) atoms. The molecular weight excluding hydrogens is 156 g/mol. The SMILES string of the molecule is COCCOCOCCC(C)C. The minimum atomic E-state index is 0.385. The van der Waals surface area contributed by atoms with Crippen LogP contribution in [0.3, 0.4) is 0 Å². The summed E-state index contributed by atoms with van der Waals surface area (Å²) in [5.74, 6) is 0.698. The maximum Gasteiger partial charge on any atom is 0.146 e. The van der Waals surface area contributed by atoms with Crippen molar-refractivity contribution in [1.82, 2.24) is 0 Å². The van der Waals surface area contributed by atoms with E-state index in [9.17, 15) is 0 Å². The van der Waals surface area contributed by atoms with E-state index in [1.54, 1.807) is 7.11 Å². The molecule has 0 aliphatic carbocycles. The van der Waals surface area contributed by atoms with Gasteiger partial charge in [-0.2, -0.15) is 0 Å². The molecule has 0 atom stereocenters. The molecule has 0 rings (SSSR count). The lowest BCUT2D eigenvalue weighted by Gasteiger charge is -2.06. The Labute approximate surface area is 75.0 Å². The smallest absolute Gasteiger partial charge is 0.146 e. The number of methoxy groups -OCH3 is 1. The summed E-state index contributed by atoms with van der Waals surface area (Å²) in [5, 5.41) is 0. The summed E-state index contributed by atoms with van der Waals surface area (Å²) in [6, 6.07) is 0. The fourth-order valence-corrected chi connectivity index (χ4v) is 0.638. The molecule has 0 heterocycles. The summed E-state index contributed by atoms with van der Waals surface area (Å²) in [6.07, 6.45) is 1.09. The van der Waals surface area contributed by atoms with E-state index in [-0.39, 0.29) is 0 Å². The molecule has 74 valence electrons. The summed E-state index contributed by atoms with van der Waals surface area (Å²) in [4.78, 5) is 0. The first kappa shape index (κ1) is 11.9. The number of ether oxygens (including phenoxy) is 3. The molecular formula is C9H20O3. The second-order valence-electron chi connectivity index (χ2n) is 3.11. The van der Waals surface area contributed by atoms with Crippen molar-refractivity contribution in [3.63, 3.8) is 0 Å². The first-order valence-corrected chi connectivity index (χ1v) is 4.41. The maximum atomic E-state index is 5.21. The molecule has 0 radical (unpaired) electrons. The van der Waals surface area contributed by atoms with Crippen LogP contribution in [0, 0.1) is 5.92 Å². The average Bonchev–Trinajstić information content (AvgIpc) is 2.02. The monoisotopic (exact) mass is 176 g/mol. The summed E-state index contributed by atoms with van der Waals surface area (Å²) in [7, 11) is 1.66. The zero-order valence-corrected chi connectivity index (χ0v) is 8.34. The zero-order chi connectivity index (χ0) is 9.23. The predicted molar refractivity (Wildman–Crippen MR) is 48.1 cm³/mol. The average molecular weight is 176 g/mol. The topological polar surface area (TPSA) is 27.7 Å². The van der Waals surface area contributed by atoms with Gasteiger partial charge < -0.3 is 14.2 Å². The second kappa shape index (κ2) is 8.97. The molecule has 0 saturated carbocycles. The molecule has 0 aromatic rings. The van der Waals surface area contributed by atoms with Gasteiger partial charge in [0.1, 0.15) is 6.79 Å². The largest absolute Gasteiger partial charge is 0.382 e. The number of hydrogen-bond acceptors (Lipinski definition) is 3. The Balaban J connectivity index is 2.82. The lowest BCUT2D eigenvalue weighted by molar-refractivity contribution is -0.0677. The Kier molecular flexibility index (Phi) is 8.88. The third-order valence-electron chi connectivity index (χ3n) is 1.44. The molecule has 0 bridgehead atoms. The van der Waals surface area contributed by atoms with Crippen molar-refractivity contribution >= 4 is 0 Å². The van der Waals surface area contributed by atoms with Gasteiger partial charge in [0, 0.05) is 13.7 Å². The predicted octanol–water partition coefficient (Wildman–Crippen LogP) is 1.67. The Morgan fingerprint density at radius 2 is 1.67 bits per heavy atom. The minimum absolute atomic E-state index is 0.385. The van der Waals surface area contributed by atoms with E-state index in [0.29, 0.717) is 25.9 Å². The quantitative estimate of drug-likeness (QED) is 0.416. The van der Waals surface area contributed by atoms with Crippen LogP contribution in [0.15, 0.2) is 0 Å². The Bertz CT molecular complexity index is 83.8. The van der Waals surface area contributed by atoms with Gasteiger partial charge in [-0.25, -0.2) is 0 Å². The van der Waals surface area contributed by atoms with Gasteiger partial charge in [0.15, 0.2) is 0 Å². The molecule has 0 amide bonds. The molecule has 3 heteroatoms. The van der Waals surface area contributed by atoms with Crippen LogP contribution in [0.2, 0.25) is 0 Å². The van der Waals surface area contributed by atoms with E-state index in [1.165, 1.54) is 0 Å². The molecule has 0 spiro atoms. The van der Waals surface area contributed by atoms with E-state index in [2.05, 4.69) is 13.8 Å². The lowest BCUT2D eigenvalue weighted by Crippen LogP contribution is -2.07. The normalized spacial score (nSPS) is 11.0. The van der Waals surface area contributed by atoms with Crippen LogP contribution >= 0.6 is 0 Å². The molecule has 3 nitrogen and oxygen atoms in total. The summed E-state index contributed by atoms with van der Waals surface area (Å²) in [6.45, 7) is 6.76. The van der Waals surface area contributed by atoms with Crippen molar-refractivity contribution in [2.45, 2.75) is 20.3 Å². The molecule has 0 fully saturated rings. The van der Waals surface area contributed by atoms with Gasteiger partial charge in [0.25, 0.3) is 0 Å². The van der Waals surface area contributed by atoms with Crippen molar-refractivity contribution in [2.75, 3.05) is 33.7 Å². The van der Waals surface area contributed by atoms with Crippen LogP contribution in [0.25, 0.3) is 0 Å². The van der Waals surface area contributed by atoms with Crippen LogP contribution < -0.4 is 0 Å². The fraction of sp³-hybridized carbons (Fsp3) is 1.00. The van der Waals surface area contributed by atoms with Crippen molar-refractivity contribution in [2.24, 2.45) is 5.92 Å². The van der Waals surface area contributed by atoms with Crippen molar-refractivity contribution in [1.29, 1.82) is 0 Å². The highest BCUT2D eigenvalue weighted by atomic mass is 16.7. The molecule has 0 saturated heterocycles. The third kappa shape index (κ3) is 9.88. The molecule has 0 N–H and O–H groups in total. The van der Waals surface area contributed by atoms with Gasteiger partial charge in [-0.1, -0.05) is 13.8 Å². The summed E-state index contributed by atoms with van der Waals surface area (Å²) >= 11 is 0. The van der Waals surface area contributed by atoms with Gasteiger partial charge in [-0.15, -0.1) is 0 Å². The maximum absolute atomic E-state index is 5.21. The molecule has 0 aliphatic heterocycles. The summed E-state index contributed by atoms with van der Waals surface area (Å²) in [5.41, 5.74) is 0. The molecule has 0 aromatic heterocycles. The van der Waals surface area contributed by atoms with E-state index in [1.807, 2.05) is 0 Å². The standard InChI is InChI=1S/C9H20O3/c1-9(2)4-5-11-8-12-7-6-10-3/h9H,4-8H2,1-3H3. The van der Waals surface area contributed by atoms with Crippen LogP contribution in [-0.2, 0) is 14.2 Å². The van der Waals surface area contributed by atoms with Crippen molar-refractivity contribution < 1.29 is 14.2 Å². The van der Waals surface area contributed by atoms with Gasteiger partial charge in [0.05, 0.1) is 13.2 Å². The lowest BCUT2D eigenvalue weighted by atomic mass is 10.1. The van der Waals surface area contributed by atoms with Crippen molar-refractivity contribution in [3.8, 4) is 0 Å². The molecule has 0 aliphatic rings. The fourth-order valence-electron chi connectivity index (χ4n) is 0.638. The van der Waals surface area contributed by atoms with Crippen molar-refractivity contribution in [3.05, 3.63) is 0 Å². The van der Waals surface area contributed by atoms with E-state index < -0.39 is 0 Å².